The molecule has 2 N–H and O–H groups in total. The van der Waals surface area contributed by atoms with Crippen molar-refractivity contribution in [3.8, 4) is 0 Å². The third-order valence-electron chi connectivity index (χ3n) is 3.65. The van der Waals surface area contributed by atoms with Gasteiger partial charge in [-0.05, 0) is 12.8 Å². The van der Waals surface area contributed by atoms with Gasteiger partial charge >= 0.3 is 5.97 Å². The summed E-state index contributed by atoms with van der Waals surface area (Å²) in [5.74, 6) is -1.42. The Labute approximate surface area is 111 Å². The third-order valence-corrected chi connectivity index (χ3v) is 3.65. The molecule has 2 atom stereocenters. The third kappa shape index (κ3) is 3.10. The van der Waals surface area contributed by atoms with Crippen LogP contribution in [0.4, 0.5) is 0 Å². The number of nitrogens with one attached hydrogen (secondary N) is 1. The summed E-state index contributed by atoms with van der Waals surface area (Å²) in [4.78, 5) is 23.2. The van der Waals surface area contributed by atoms with Crippen molar-refractivity contribution in [2.45, 2.75) is 32.2 Å². The van der Waals surface area contributed by atoms with Gasteiger partial charge in [-0.1, -0.05) is 12.8 Å². The van der Waals surface area contributed by atoms with Gasteiger partial charge < -0.3 is 15.0 Å². The molecule has 7 heteroatoms. The number of hydrogen-bond acceptors (Lipinski definition) is 4. The van der Waals surface area contributed by atoms with Crippen LogP contribution in [0.1, 0.15) is 31.5 Å². The molecule has 0 spiro atoms. The molecule has 104 valence electrons. The zero-order valence-corrected chi connectivity index (χ0v) is 10.9. The summed E-state index contributed by atoms with van der Waals surface area (Å²) in [7, 11) is 1.79. The average Bonchev–Trinajstić information content (AvgIpc) is 2.81. The SMILES string of the molecule is Cn1cnnc1CNC(=O)C1CCCCC1C(=O)O. The molecule has 1 aliphatic carbocycles. The fraction of sp³-hybridized carbons (Fsp3) is 0.667. The maximum atomic E-state index is 12.1. The first-order valence-corrected chi connectivity index (χ1v) is 6.43. The number of carbonyl (C=O) groups excluding carboxylic acids is 1. The number of aromatic nitrogens is 3. The normalized spacial score (nSPS) is 23.0. The Morgan fingerprint density at radius 3 is 2.68 bits per heavy atom. The van der Waals surface area contributed by atoms with Crippen molar-refractivity contribution in [2.75, 3.05) is 0 Å². The molecule has 0 radical (unpaired) electrons. The van der Waals surface area contributed by atoms with E-state index in [2.05, 4.69) is 15.5 Å². The lowest BCUT2D eigenvalue weighted by Gasteiger charge is -2.27. The van der Waals surface area contributed by atoms with Crippen LogP contribution in [-0.4, -0.2) is 31.7 Å². The Bertz CT molecular complexity index is 471. The number of amides is 1. The van der Waals surface area contributed by atoms with Crippen LogP contribution in [0.5, 0.6) is 0 Å². The second kappa shape index (κ2) is 5.81. The molecule has 0 aliphatic heterocycles. The highest BCUT2D eigenvalue weighted by Crippen LogP contribution is 2.30. The minimum Gasteiger partial charge on any atom is -0.481 e. The van der Waals surface area contributed by atoms with Crippen molar-refractivity contribution < 1.29 is 14.7 Å². The predicted octanol–water partition coefficient (Wildman–Crippen LogP) is 0.322. The molecule has 0 aromatic carbocycles. The zero-order valence-electron chi connectivity index (χ0n) is 10.9. The molecule has 7 nitrogen and oxygen atoms in total. The van der Waals surface area contributed by atoms with Gasteiger partial charge in [-0.2, -0.15) is 0 Å². The Hall–Kier alpha value is -1.92. The molecule has 2 rings (SSSR count). The van der Waals surface area contributed by atoms with E-state index in [1.807, 2.05) is 0 Å². The standard InChI is InChI=1S/C12H18N4O3/c1-16-7-14-15-10(16)6-13-11(17)8-4-2-3-5-9(8)12(18)19/h7-9H,2-6H2,1H3,(H,13,17)(H,18,19). The van der Waals surface area contributed by atoms with Gasteiger partial charge in [0.25, 0.3) is 0 Å². The minimum atomic E-state index is -0.876. The molecule has 0 bridgehead atoms. The van der Waals surface area contributed by atoms with Gasteiger partial charge in [0.05, 0.1) is 18.4 Å². The summed E-state index contributed by atoms with van der Waals surface area (Å²) in [5.41, 5.74) is 0. The van der Waals surface area contributed by atoms with Gasteiger partial charge in [0.15, 0.2) is 5.82 Å². The Kier molecular flexibility index (Phi) is 4.13. The van der Waals surface area contributed by atoms with Gasteiger partial charge in [0, 0.05) is 7.05 Å². The minimum absolute atomic E-state index is 0.199. The smallest absolute Gasteiger partial charge is 0.307 e. The lowest BCUT2D eigenvalue weighted by atomic mass is 9.79. The Morgan fingerprint density at radius 2 is 2.11 bits per heavy atom. The van der Waals surface area contributed by atoms with Gasteiger partial charge in [-0.3, -0.25) is 9.59 Å². The van der Waals surface area contributed by atoms with E-state index in [4.69, 9.17) is 5.11 Å². The molecular formula is C12H18N4O3. The largest absolute Gasteiger partial charge is 0.481 e. The van der Waals surface area contributed by atoms with Crippen LogP contribution in [-0.2, 0) is 23.2 Å². The molecular weight excluding hydrogens is 248 g/mol. The first-order chi connectivity index (χ1) is 9.09. The average molecular weight is 266 g/mol. The van der Waals surface area contributed by atoms with E-state index >= 15 is 0 Å². The topological polar surface area (TPSA) is 97.1 Å². The predicted molar refractivity (Wildman–Crippen MR) is 65.9 cm³/mol. The van der Waals surface area contributed by atoms with Crippen LogP contribution >= 0.6 is 0 Å². The van der Waals surface area contributed by atoms with Crippen molar-refractivity contribution in [1.82, 2.24) is 20.1 Å². The fourth-order valence-electron chi connectivity index (χ4n) is 2.50. The Morgan fingerprint density at radius 1 is 1.42 bits per heavy atom. The molecule has 0 saturated heterocycles. The van der Waals surface area contributed by atoms with E-state index in [0.29, 0.717) is 18.7 Å². The van der Waals surface area contributed by atoms with E-state index in [0.717, 1.165) is 12.8 Å². The molecule has 1 aromatic heterocycles. The van der Waals surface area contributed by atoms with E-state index in [1.165, 1.54) is 0 Å². The fourth-order valence-corrected chi connectivity index (χ4v) is 2.50. The number of carboxylic acid groups (broad SMARTS) is 1. The number of aryl methyl sites for hydroxylation is 1. The van der Waals surface area contributed by atoms with Crippen molar-refractivity contribution in [1.29, 1.82) is 0 Å². The molecule has 1 amide bonds. The van der Waals surface area contributed by atoms with Crippen molar-refractivity contribution in [3.05, 3.63) is 12.2 Å². The van der Waals surface area contributed by atoms with Crippen LogP contribution < -0.4 is 5.32 Å². The first kappa shape index (κ1) is 13.5. The number of aliphatic carboxylic acids is 1. The maximum absolute atomic E-state index is 12.1. The van der Waals surface area contributed by atoms with Gasteiger partial charge in [-0.25, -0.2) is 0 Å². The van der Waals surface area contributed by atoms with E-state index in [1.54, 1.807) is 17.9 Å². The van der Waals surface area contributed by atoms with Gasteiger partial charge in [0.1, 0.15) is 6.33 Å². The number of rotatable bonds is 4. The van der Waals surface area contributed by atoms with Crippen molar-refractivity contribution in [2.24, 2.45) is 18.9 Å². The molecule has 1 aromatic rings. The highest BCUT2D eigenvalue weighted by molar-refractivity contribution is 5.84. The second-order valence-corrected chi connectivity index (χ2v) is 4.91. The number of carboxylic acids is 1. The molecule has 1 heterocycles. The summed E-state index contributed by atoms with van der Waals surface area (Å²) >= 11 is 0. The molecule has 2 unspecified atom stereocenters. The van der Waals surface area contributed by atoms with Crippen LogP contribution in [0.15, 0.2) is 6.33 Å². The van der Waals surface area contributed by atoms with Crippen LogP contribution in [0.3, 0.4) is 0 Å². The molecule has 1 saturated carbocycles. The number of hydrogen-bond donors (Lipinski definition) is 2. The highest BCUT2D eigenvalue weighted by atomic mass is 16.4. The zero-order chi connectivity index (χ0) is 13.8. The summed E-state index contributed by atoms with van der Waals surface area (Å²) < 4.78 is 1.72. The van der Waals surface area contributed by atoms with E-state index in [-0.39, 0.29) is 12.5 Å². The lowest BCUT2D eigenvalue weighted by Crippen LogP contribution is -2.39. The lowest BCUT2D eigenvalue weighted by molar-refractivity contribution is -0.148. The Balaban J connectivity index is 1.94. The van der Waals surface area contributed by atoms with E-state index < -0.39 is 17.8 Å². The summed E-state index contributed by atoms with van der Waals surface area (Å²) in [6, 6.07) is 0. The first-order valence-electron chi connectivity index (χ1n) is 6.43. The van der Waals surface area contributed by atoms with Crippen LogP contribution in [0.2, 0.25) is 0 Å². The van der Waals surface area contributed by atoms with Crippen molar-refractivity contribution in [3.63, 3.8) is 0 Å². The molecule has 19 heavy (non-hydrogen) atoms. The van der Waals surface area contributed by atoms with Crippen LogP contribution in [0, 0.1) is 11.8 Å². The number of nitrogens with zero attached hydrogens (tertiary/aromatic N) is 3. The quantitative estimate of drug-likeness (QED) is 0.818. The number of carbonyl (C=O) groups is 2. The second-order valence-electron chi connectivity index (χ2n) is 4.91. The summed E-state index contributed by atoms with van der Waals surface area (Å²) in [5, 5.41) is 19.5. The van der Waals surface area contributed by atoms with Gasteiger partial charge in [0.2, 0.25) is 5.91 Å². The maximum Gasteiger partial charge on any atom is 0.307 e. The molecule has 1 fully saturated rings. The summed E-state index contributed by atoms with van der Waals surface area (Å²) in [6.45, 7) is 0.276. The van der Waals surface area contributed by atoms with Crippen LogP contribution in [0.25, 0.3) is 0 Å². The monoisotopic (exact) mass is 266 g/mol. The van der Waals surface area contributed by atoms with E-state index in [9.17, 15) is 9.59 Å². The molecule has 1 aliphatic rings. The van der Waals surface area contributed by atoms with Crippen molar-refractivity contribution >= 4 is 11.9 Å². The summed E-state index contributed by atoms with van der Waals surface area (Å²) in [6.07, 6.45) is 4.57. The highest BCUT2D eigenvalue weighted by Gasteiger charge is 2.35. The van der Waals surface area contributed by atoms with Gasteiger partial charge in [-0.15, -0.1) is 10.2 Å².